The Morgan fingerprint density at radius 3 is 2.72 bits per heavy atom. The molecule has 0 fully saturated rings. The van der Waals surface area contributed by atoms with E-state index in [4.69, 9.17) is 0 Å². The first-order chi connectivity index (χ1) is 8.49. The lowest BCUT2D eigenvalue weighted by Gasteiger charge is -2.11. The lowest BCUT2D eigenvalue weighted by Crippen LogP contribution is -2.14. The van der Waals surface area contributed by atoms with Gasteiger partial charge in [-0.1, -0.05) is 0 Å². The molecule has 0 N–H and O–H groups in total. The van der Waals surface area contributed by atoms with E-state index in [0.717, 1.165) is 6.54 Å². The van der Waals surface area contributed by atoms with Crippen LogP contribution in [0.25, 0.3) is 0 Å². The van der Waals surface area contributed by atoms with E-state index >= 15 is 0 Å². The largest absolute Gasteiger partial charge is 0.366 e. The van der Waals surface area contributed by atoms with E-state index < -0.39 is 6.43 Å². The van der Waals surface area contributed by atoms with Crippen LogP contribution >= 0.6 is 11.8 Å². The number of halogens is 2. The molecule has 0 unspecified atom stereocenters. The Bertz CT molecular complexity index is 436. The molecule has 0 radical (unpaired) electrons. The second-order valence-electron chi connectivity index (χ2n) is 3.81. The summed E-state index contributed by atoms with van der Waals surface area (Å²) in [6.45, 7) is 4.56. The maximum atomic E-state index is 12.9. The first kappa shape index (κ1) is 14.9. The van der Waals surface area contributed by atoms with E-state index in [1.54, 1.807) is 19.5 Å². The quantitative estimate of drug-likeness (QED) is 0.465. The molecule has 6 heteroatoms. The average molecular weight is 273 g/mol. The van der Waals surface area contributed by atoms with Crippen molar-refractivity contribution in [1.82, 2.24) is 9.88 Å². The average Bonchev–Trinajstić information content (AvgIpc) is 2.35. The summed E-state index contributed by atoms with van der Waals surface area (Å²) in [6.07, 6.45) is 0.831. The molecule has 0 aliphatic carbocycles. The standard InChI is InChI=1S/C12H17F2N3S/c1-5-17(3)7-15-10-6-9(11(13)14)12(18-4)16-8(10)2/h6-7,11H,5H2,1-4H3/b15-7+. The smallest absolute Gasteiger partial charge is 0.266 e. The van der Waals surface area contributed by atoms with Crippen LogP contribution in [0.2, 0.25) is 0 Å². The zero-order valence-electron chi connectivity index (χ0n) is 10.9. The summed E-state index contributed by atoms with van der Waals surface area (Å²) < 4.78 is 25.8. The molecule has 0 aliphatic heterocycles. The molecule has 0 saturated carbocycles. The van der Waals surface area contributed by atoms with E-state index in [2.05, 4.69) is 9.98 Å². The van der Waals surface area contributed by atoms with Gasteiger partial charge in [-0.15, -0.1) is 11.8 Å². The van der Waals surface area contributed by atoms with Crippen LogP contribution < -0.4 is 0 Å². The Kier molecular flexibility index (Phi) is 5.53. The molecule has 18 heavy (non-hydrogen) atoms. The zero-order chi connectivity index (χ0) is 13.7. The number of aryl methyl sites for hydroxylation is 1. The van der Waals surface area contributed by atoms with E-state index in [-0.39, 0.29) is 5.56 Å². The highest BCUT2D eigenvalue weighted by molar-refractivity contribution is 7.98. The maximum absolute atomic E-state index is 12.9. The number of thioether (sulfide) groups is 1. The lowest BCUT2D eigenvalue weighted by molar-refractivity contribution is 0.147. The SMILES string of the molecule is CCN(C)/C=N/c1cc(C(F)F)c(SC)nc1C. The van der Waals surface area contributed by atoms with Crippen LogP contribution in [-0.2, 0) is 0 Å². The number of alkyl halides is 2. The lowest BCUT2D eigenvalue weighted by atomic mass is 10.2. The van der Waals surface area contributed by atoms with Crippen molar-refractivity contribution in [2.45, 2.75) is 25.3 Å². The summed E-state index contributed by atoms with van der Waals surface area (Å²) in [5.41, 5.74) is 1.09. The van der Waals surface area contributed by atoms with Gasteiger partial charge in [-0.2, -0.15) is 0 Å². The monoisotopic (exact) mass is 273 g/mol. The van der Waals surface area contributed by atoms with Crippen LogP contribution in [0, 0.1) is 6.92 Å². The van der Waals surface area contributed by atoms with Gasteiger partial charge in [0.15, 0.2) is 0 Å². The van der Waals surface area contributed by atoms with Gasteiger partial charge in [-0.05, 0) is 26.2 Å². The second kappa shape index (κ2) is 6.68. The molecule has 0 spiro atoms. The van der Waals surface area contributed by atoms with Crippen LogP contribution in [0.5, 0.6) is 0 Å². The Morgan fingerprint density at radius 1 is 1.56 bits per heavy atom. The topological polar surface area (TPSA) is 28.5 Å². The molecular weight excluding hydrogens is 256 g/mol. The van der Waals surface area contributed by atoms with Crippen molar-refractivity contribution in [3.63, 3.8) is 0 Å². The van der Waals surface area contributed by atoms with Gasteiger partial charge < -0.3 is 4.90 Å². The minimum absolute atomic E-state index is 0.0561. The van der Waals surface area contributed by atoms with Gasteiger partial charge in [0, 0.05) is 13.6 Å². The van der Waals surface area contributed by atoms with Gasteiger partial charge in [0.1, 0.15) is 5.03 Å². The van der Waals surface area contributed by atoms with Crippen molar-refractivity contribution >= 4 is 23.8 Å². The summed E-state index contributed by atoms with van der Waals surface area (Å²) in [6, 6.07) is 1.42. The highest BCUT2D eigenvalue weighted by Crippen LogP contribution is 2.32. The minimum atomic E-state index is -2.53. The van der Waals surface area contributed by atoms with E-state index in [9.17, 15) is 8.78 Å². The first-order valence-corrected chi connectivity index (χ1v) is 6.80. The number of aromatic nitrogens is 1. The number of hydrogen-bond donors (Lipinski definition) is 0. The Morgan fingerprint density at radius 2 is 2.22 bits per heavy atom. The van der Waals surface area contributed by atoms with Gasteiger partial charge in [0.2, 0.25) is 0 Å². The van der Waals surface area contributed by atoms with Crippen molar-refractivity contribution in [3.05, 3.63) is 17.3 Å². The van der Waals surface area contributed by atoms with Gasteiger partial charge in [-0.25, -0.2) is 18.8 Å². The predicted molar refractivity (Wildman–Crippen MR) is 72.2 cm³/mol. The van der Waals surface area contributed by atoms with Gasteiger partial charge >= 0.3 is 0 Å². The highest BCUT2D eigenvalue weighted by atomic mass is 32.2. The fourth-order valence-electron chi connectivity index (χ4n) is 1.28. The molecule has 0 bridgehead atoms. The number of aliphatic imine (C=N–C) groups is 1. The number of nitrogens with zero attached hydrogens (tertiary/aromatic N) is 3. The van der Waals surface area contributed by atoms with Crippen molar-refractivity contribution < 1.29 is 8.78 Å². The van der Waals surface area contributed by atoms with Crippen molar-refractivity contribution in [3.8, 4) is 0 Å². The minimum Gasteiger partial charge on any atom is -0.366 e. The third kappa shape index (κ3) is 3.66. The molecule has 1 aromatic heterocycles. The summed E-state index contributed by atoms with van der Waals surface area (Å²) >= 11 is 1.22. The third-order valence-corrected chi connectivity index (χ3v) is 3.21. The van der Waals surface area contributed by atoms with Crippen LogP contribution in [0.3, 0.4) is 0 Å². The molecule has 1 heterocycles. The summed E-state index contributed by atoms with van der Waals surface area (Å²) in [4.78, 5) is 10.2. The maximum Gasteiger partial charge on any atom is 0.266 e. The Labute approximate surface area is 110 Å². The predicted octanol–water partition coefficient (Wildman–Crippen LogP) is 3.66. The molecule has 1 aromatic rings. The summed E-state index contributed by atoms with van der Waals surface area (Å²) in [7, 11) is 1.87. The molecule has 3 nitrogen and oxygen atoms in total. The number of pyridine rings is 1. The molecule has 100 valence electrons. The van der Waals surface area contributed by atoms with Crippen molar-refractivity contribution in [2.24, 2.45) is 4.99 Å². The summed E-state index contributed by atoms with van der Waals surface area (Å²) in [5.74, 6) is 0. The molecule has 0 saturated heterocycles. The van der Waals surface area contributed by atoms with Crippen molar-refractivity contribution in [2.75, 3.05) is 19.8 Å². The second-order valence-corrected chi connectivity index (χ2v) is 4.60. The molecule has 1 rings (SSSR count). The van der Waals surface area contributed by atoms with Crippen LogP contribution in [0.4, 0.5) is 14.5 Å². The molecule has 0 atom stereocenters. The number of hydrogen-bond acceptors (Lipinski definition) is 3. The zero-order valence-corrected chi connectivity index (χ0v) is 11.8. The number of rotatable bonds is 5. The van der Waals surface area contributed by atoms with E-state index in [1.165, 1.54) is 17.8 Å². The normalized spacial score (nSPS) is 11.5. The van der Waals surface area contributed by atoms with Crippen LogP contribution in [-0.4, -0.2) is 36.1 Å². The highest BCUT2D eigenvalue weighted by Gasteiger charge is 2.16. The molecule has 0 amide bonds. The van der Waals surface area contributed by atoms with Gasteiger partial charge in [0.25, 0.3) is 6.43 Å². The fourth-order valence-corrected chi connectivity index (χ4v) is 1.89. The van der Waals surface area contributed by atoms with E-state index in [1.807, 2.05) is 18.9 Å². The summed E-state index contributed by atoms with van der Waals surface area (Å²) in [5, 5.41) is 0.366. The Balaban J connectivity index is 3.13. The van der Waals surface area contributed by atoms with Crippen LogP contribution in [0.1, 0.15) is 24.6 Å². The van der Waals surface area contributed by atoms with Gasteiger partial charge in [0.05, 0.1) is 23.3 Å². The van der Waals surface area contributed by atoms with Gasteiger partial charge in [-0.3, -0.25) is 0 Å². The fraction of sp³-hybridized carbons (Fsp3) is 0.500. The Hall–Kier alpha value is -1.17. The molecular formula is C12H17F2N3S. The van der Waals surface area contributed by atoms with Crippen LogP contribution in [0.15, 0.2) is 16.1 Å². The molecule has 0 aromatic carbocycles. The van der Waals surface area contributed by atoms with Crippen molar-refractivity contribution in [1.29, 1.82) is 0 Å². The van der Waals surface area contributed by atoms with E-state index in [0.29, 0.717) is 16.4 Å². The first-order valence-electron chi connectivity index (χ1n) is 5.57. The molecule has 0 aliphatic rings. The third-order valence-electron chi connectivity index (χ3n) is 2.50.